The fourth-order valence-corrected chi connectivity index (χ4v) is 3.48. The average Bonchev–Trinajstić information content (AvgIpc) is 2.75. The zero-order chi connectivity index (χ0) is 22.4. The number of benzene rings is 3. The van der Waals surface area contributed by atoms with Crippen molar-refractivity contribution in [3.8, 4) is 11.8 Å². The number of rotatable bonds is 6. The summed E-state index contributed by atoms with van der Waals surface area (Å²) >= 11 is 9.40. The number of hydrogen-bond donors (Lipinski definition) is 1. The zero-order valence-electron chi connectivity index (χ0n) is 17.1. The van der Waals surface area contributed by atoms with E-state index in [2.05, 4.69) is 21.2 Å². The smallest absolute Gasteiger partial charge is 0.266 e. The van der Waals surface area contributed by atoms with Crippen molar-refractivity contribution in [3.05, 3.63) is 98.0 Å². The van der Waals surface area contributed by atoms with E-state index in [0.29, 0.717) is 28.6 Å². The number of nitriles is 1. The molecule has 0 aliphatic rings. The van der Waals surface area contributed by atoms with Crippen LogP contribution in [-0.4, -0.2) is 5.91 Å². The van der Waals surface area contributed by atoms with Gasteiger partial charge in [0.05, 0.1) is 4.47 Å². The van der Waals surface area contributed by atoms with Crippen molar-refractivity contribution in [2.75, 3.05) is 5.32 Å². The number of anilines is 1. The van der Waals surface area contributed by atoms with Gasteiger partial charge in [-0.25, -0.2) is 0 Å². The van der Waals surface area contributed by atoms with Crippen LogP contribution in [0.1, 0.15) is 22.3 Å². The highest BCUT2D eigenvalue weighted by atomic mass is 79.9. The quantitative estimate of drug-likeness (QED) is 0.301. The molecule has 0 aliphatic carbocycles. The second-order valence-corrected chi connectivity index (χ2v) is 8.34. The number of amides is 1. The molecule has 0 unspecified atom stereocenters. The number of aryl methyl sites for hydroxylation is 2. The van der Waals surface area contributed by atoms with E-state index < -0.39 is 5.91 Å². The molecular weight excluding hydrogens is 476 g/mol. The topological polar surface area (TPSA) is 62.1 Å². The molecule has 4 nitrogen and oxygen atoms in total. The third-order valence-electron chi connectivity index (χ3n) is 4.58. The molecule has 3 aromatic rings. The molecule has 156 valence electrons. The highest BCUT2D eigenvalue weighted by molar-refractivity contribution is 9.10. The normalized spacial score (nSPS) is 11.0. The van der Waals surface area contributed by atoms with Crippen molar-refractivity contribution in [1.82, 2.24) is 0 Å². The van der Waals surface area contributed by atoms with Gasteiger partial charge in [0.25, 0.3) is 5.91 Å². The molecule has 0 fully saturated rings. The van der Waals surface area contributed by atoms with E-state index in [0.717, 1.165) is 21.2 Å². The van der Waals surface area contributed by atoms with Crippen LogP contribution in [0.3, 0.4) is 0 Å². The van der Waals surface area contributed by atoms with E-state index in [4.69, 9.17) is 16.3 Å². The molecule has 1 N–H and O–H groups in total. The van der Waals surface area contributed by atoms with Gasteiger partial charge in [-0.05, 0) is 88.4 Å². The monoisotopic (exact) mass is 494 g/mol. The largest absolute Gasteiger partial charge is 0.488 e. The highest BCUT2D eigenvalue weighted by Crippen LogP contribution is 2.28. The average molecular weight is 496 g/mol. The molecule has 0 radical (unpaired) electrons. The van der Waals surface area contributed by atoms with Gasteiger partial charge in [0, 0.05) is 10.7 Å². The van der Waals surface area contributed by atoms with E-state index in [1.165, 1.54) is 0 Å². The predicted molar refractivity (Wildman–Crippen MR) is 128 cm³/mol. The zero-order valence-corrected chi connectivity index (χ0v) is 19.4. The first-order chi connectivity index (χ1) is 14.9. The van der Waals surface area contributed by atoms with Gasteiger partial charge >= 0.3 is 0 Å². The lowest BCUT2D eigenvalue weighted by molar-refractivity contribution is -0.112. The molecule has 3 aromatic carbocycles. The van der Waals surface area contributed by atoms with Crippen molar-refractivity contribution >= 4 is 45.2 Å². The van der Waals surface area contributed by atoms with Crippen LogP contribution in [0.25, 0.3) is 6.08 Å². The Kier molecular flexibility index (Phi) is 7.51. The van der Waals surface area contributed by atoms with E-state index in [9.17, 15) is 10.1 Å². The third-order valence-corrected chi connectivity index (χ3v) is 5.45. The Labute approximate surface area is 195 Å². The summed E-state index contributed by atoms with van der Waals surface area (Å²) < 4.78 is 6.57. The van der Waals surface area contributed by atoms with E-state index in [1.54, 1.807) is 24.3 Å². The van der Waals surface area contributed by atoms with Gasteiger partial charge in [-0.1, -0.05) is 41.9 Å². The first-order valence-electron chi connectivity index (χ1n) is 9.53. The predicted octanol–water partition coefficient (Wildman–Crippen LogP) is 6.84. The van der Waals surface area contributed by atoms with Crippen LogP contribution in [0.5, 0.6) is 5.75 Å². The first kappa shape index (κ1) is 22.6. The Morgan fingerprint density at radius 1 is 1.13 bits per heavy atom. The summed E-state index contributed by atoms with van der Waals surface area (Å²) in [5.41, 5.74) is 4.37. The summed E-state index contributed by atoms with van der Waals surface area (Å²) in [6.45, 7) is 4.25. The molecule has 0 aromatic heterocycles. The molecule has 31 heavy (non-hydrogen) atoms. The van der Waals surface area contributed by atoms with Gasteiger partial charge in [-0.2, -0.15) is 5.26 Å². The fourth-order valence-electron chi connectivity index (χ4n) is 2.84. The lowest BCUT2D eigenvalue weighted by atomic mass is 10.1. The lowest BCUT2D eigenvalue weighted by Gasteiger charge is -2.10. The van der Waals surface area contributed by atoms with Crippen LogP contribution in [0.4, 0.5) is 5.69 Å². The van der Waals surface area contributed by atoms with Gasteiger partial charge in [-0.3, -0.25) is 4.79 Å². The minimum Gasteiger partial charge on any atom is -0.488 e. The summed E-state index contributed by atoms with van der Waals surface area (Å²) in [5.74, 6) is 0.209. The Balaban J connectivity index is 1.72. The molecule has 0 saturated carbocycles. The summed E-state index contributed by atoms with van der Waals surface area (Å²) in [4.78, 5) is 12.6. The Hall–Kier alpha value is -3.07. The molecule has 0 bridgehead atoms. The lowest BCUT2D eigenvalue weighted by Crippen LogP contribution is -2.14. The SMILES string of the molecule is Cc1ccc(C)c(NC(=O)/C(C#N)=C\c2ccc(OCc3ccc(Cl)cc3)c(Br)c2)c1. The number of nitrogens with zero attached hydrogens (tertiary/aromatic N) is 1. The molecule has 0 aliphatic heterocycles. The molecule has 0 saturated heterocycles. The van der Waals surface area contributed by atoms with Crippen molar-refractivity contribution in [1.29, 1.82) is 5.26 Å². The minimum absolute atomic E-state index is 0.0163. The van der Waals surface area contributed by atoms with Gasteiger partial charge in [0.15, 0.2) is 0 Å². The van der Waals surface area contributed by atoms with Gasteiger partial charge in [0.2, 0.25) is 0 Å². The van der Waals surface area contributed by atoms with Crippen molar-refractivity contribution < 1.29 is 9.53 Å². The molecule has 0 atom stereocenters. The van der Waals surface area contributed by atoms with Crippen LogP contribution in [0.2, 0.25) is 5.02 Å². The number of carbonyl (C=O) groups is 1. The van der Waals surface area contributed by atoms with Gasteiger partial charge < -0.3 is 10.1 Å². The second kappa shape index (κ2) is 10.3. The molecule has 3 rings (SSSR count). The highest BCUT2D eigenvalue weighted by Gasteiger charge is 2.12. The Morgan fingerprint density at radius 2 is 1.87 bits per heavy atom. The summed E-state index contributed by atoms with van der Waals surface area (Å²) in [6.07, 6.45) is 1.55. The maximum absolute atomic E-state index is 12.6. The summed E-state index contributed by atoms with van der Waals surface area (Å²) in [7, 11) is 0. The Bertz CT molecular complexity index is 1180. The van der Waals surface area contributed by atoms with Crippen LogP contribution in [0.15, 0.2) is 70.7 Å². The number of halogens is 2. The van der Waals surface area contributed by atoms with Crippen molar-refractivity contribution in [3.63, 3.8) is 0 Å². The van der Waals surface area contributed by atoms with Crippen LogP contribution >= 0.6 is 27.5 Å². The molecule has 1 amide bonds. The number of hydrogen-bond acceptors (Lipinski definition) is 3. The molecule has 0 spiro atoms. The van der Waals surface area contributed by atoms with Crippen LogP contribution in [0, 0.1) is 25.2 Å². The maximum atomic E-state index is 12.6. The van der Waals surface area contributed by atoms with Crippen molar-refractivity contribution in [2.45, 2.75) is 20.5 Å². The van der Waals surface area contributed by atoms with E-state index >= 15 is 0 Å². The number of nitrogens with one attached hydrogen (secondary N) is 1. The molecular formula is C25H20BrClN2O2. The molecule has 0 heterocycles. The standard InChI is InChI=1S/C25H20BrClN2O2/c1-16-3-4-17(2)23(11-16)29-25(30)20(14-28)12-19-7-10-24(22(26)13-19)31-15-18-5-8-21(27)9-6-18/h3-13H,15H2,1-2H3,(H,29,30)/b20-12-. The van der Waals surface area contributed by atoms with Crippen LogP contribution in [-0.2, 0) is 11.4 Å². The number of ether oxygens (including phenoxy) is 1. The third kappa shape index (κ3) is 6.21. The van der Waals surface area contributed by atoms with Crippen LogP contribution < -0.4 is 10.1 Å². The number of carbonyl (C=O) groups excluding carboxylic acids is 1. The maximum Gasteiger partial charge on any atom is 0.266 e. The second-order valence-electron chi connectivity index (χ2n) is 7.05. The summed E-state index contributed by atoms with van der Waals surface area (Å²) in [6, 6.07) is 20.6. The summed E-state index contributed by atoms with van der Waals surface area (Å²) in [5, 5.41) is 13.0. The Morgan fingerprint density at radius 3 is 2.55 bits per heavy atom. The minimum atomic E-state index is -0.449. The van der Waals surface area contributed by atoms with E-state index in [1.807, 2.05) is 62.4 Å². The first-order valence-corrected chi connectivity index (χ1v) is 10.7. The molecule has 6 heteroatoms. The van der Waals surface area contributed by atoms with Crippen molar-refractivity contribution in [2.24, 2.45) is 0 Å². The van der Waals surface area contributed by atoms with Gasteiger partial charge in [0.1, 0.15) is 24.0 Å². The van der Waals surface area contributed by atoms with Gasteiger partial charge in [-0.15, -0.1) is 0 Å². The fraction of sp³-hybridized carbons (Fsp3) is 0.120. The van der Waals surface area contributed by atoms with E-state index in [-0.39, 0.29) is 5.57 Å².